The van der Waals surface area contributed by atoms with Gasteiger partial charge in [-0.25, -0.2) is 8.78 Å². The monoisotopic (exact) mass is 395 g/mol. The van der Waals surface area contributed by atoms with Crippen molar-refractivity contribution in [1.29, 1.82) is 0 Å². The molecule has 0 saturated carbocycles. The van der Waals surface area contributed by atoms with Gasteiger partial charge in [0.2, 0.25) is 0 Å². The van der Waals surface area contributed by atoms with Gasteiger partial charge >= 0.3 is 6.18 Å². The van der Waals surface area contributed by atoms with E-state index in [4.69, 9.17) is 0 Å². The number of alkyl halides is 3. The molecule has 0 saturated heterocycles. The lowest BCUT2D eigenvalue weighted by molar-refractivity contribution is -0.153. The van der Waals surface area contributed by atoms with Gasteiger partial charge in [-0.15, -0.1) is 0 Å². The molecule has 28 heavy (non-hydrogen) atoms. The number of nitrogens with one attached hydrogen (secondary N) is 1. The van der Waals surface area contributed by atoms with Crippen LogP contribution in [0.5, 0.6) is 5.75 Å². The fourth-order valence-electron chi connectivity index (χ4n) is 3.04. The van der Waals surface area contributed by atoms with Crippen LogP contribution in [-0.4, -0.2) is 12.8 Å². The summed E-state index contributed by atoms with van der Waals surface area (Å²) in [5, 5.41) is 2.97. The SMILES string of the molecule is C=C1NC(c2c(F)cc(OCC(F)(F)F)cc2F)=C(c2ccccc2)CC1C. The molecule has 148 valence electrons. The molecule has 0 fully saturated rings. The molecule has 0 radical (unpaired) electrons. The lowest BCUT2D eigenvalue weighted by Gasteiger charge is -2.29. The van der Waals surface area contributed by atoms with E-state index in [0.717, 1.165) is 17.7 Å². The molecule has 1 atom stereocenters. The molecule has 1 unspecified atom stereocenters. The van der Waals surface area contributed by atoms with E-state index < -0.39 is 30.2 Å². The molecular weight excluding hydrogens is 377 g/mol. The van der Waals surface area contributed by atoms with Crippen LogP contribution in [0.25, 0.3) is 11.3 Å². The standard InChI is InChI=1S/C21H18F5NO/c1-12-8-16(14-6-4-3-5-7-14)20(27-13(12)2)19-17(22)9-15(10-18(19)23)28-11-21(24,25)26/h3-7,9-10,12,27H,2,8,11H2,1H3. The Balaban J connectivity index is 2.07. The summed E-state index contributed by atoms with van der Waals surface area (Å²) in [6.07, 6.45) is -4.09. The highest BCUT2D eigenvalue weighted by Gasteiger charge is 2.30. The Hall–Kier alpha value is -2.83. The van der Waals surface area contributed by atoms with Crippen molar-refractivity contribution in [3.8, 4) is 5.75 Å². The van der Waals surface area contributed by atoms with E-state index in [1.807, 2.05) is 37.3 Å². The summed E-state index contributed by atoms with van der Waals surface area (Å²) in [4.78, 5) is 0. The van der Waals surface area contributed by atoms with Crippen LogP contribution in [0.15, 0.2) is 54.7 Å². The third-order valence-electron chi connectivity index (χ3n) is 4.48. The number of rotatable bonds is 4. The molecule has 7 heteroatoms. The molecule has 1 aliphatic rings. The molecule has 2 nitrogen and oxygen atoms in total. The van der Waals surface area contributed by atoms with Crippen molar-refractivity contribution in [2.24, 2.45) is 5.92 Å². The van der Waals surface area contributed by atoms with Crippen molar-refractivity contribution in [3.63, 3.8) is 0 Å². The fourth-order valence-corrected chi connectivity index (χ4v) is 3.04. The average Bonchev–Trinajstić information content (AvgIpc) is 2.62. The Labute approximate surface area is 159 Å². The van der Waals surface area contributed by atoms with Crippen LogP contribution < -0.4 is 10.1 Å². The lowest BCUT2D eigenvalue weighted by atomic mass is 9.86. The summed E-state index contributed by atoms with van der Waals surface area (Å²) in [5.74, 6) is -2.52. The Morgan fingerprint density at radius 1 is 1.11 bits per heavy atom. The van der Waals surface area contributed by atoms with Gasteiger partial charge in [0.05, 0.1) is 11.3 Å². The van der Waals surface area contributed by atoms with Crippen LogP contribution in [0, 0.1) is 17.6 Å². The zero-order valence-electron chi connectivity index (χ0n) is 15.0. The van der Waals surface area contributed by atoms with Crippen molar-refractivity contribution in [3.05, 3.63) is 77.5 Å². The smallest absolute Gasteiger partial charge is 0.422 e. The van der Waals surface area contributed by atoms with Crippen molar-refractivity contribution in [2.45, 2.75) is 19.5 Å². The topological polar surface area (TPSA) is 21.3 Å². The molecular formula is C21H18F5NO. The third-order valence-corrected chi connectivity index (χ3v) is 4.48. The Morgan fingerprint density at radius 2 is 1.71 bits per heavy atom. The predicted molar refractivity (Wildman–Crippen MR) is 97.2 cm³/mol. The highest BCUT2D eigenvalue weighted by atomic mass is 19.4. The number of hydrogen-bond donors (Lipinski definition) is 1. The van der Waals surface area contributed by atoms with Crippen LogP contribution >= 0.6 is 0 Å². The summed E-state index contributed by atoms with van der Waals surface area (Å²) < 4.78 is 70.8. The van der Waals surface area contributed by atoms with Crippen molar-refractivity contribution in [1.82, 2.24) is 5.32 Å². The molecule has 0 amide bonds. The van der Waals surface area contributed by atoms with Gasteiger partial charge in [0.25, 0.3) is 0 Å². The molecule has 0 aromatic heterocycles. The van der Waals surface area contributed by atoms with E-state index in [9.17, 15) is 22.0 Å². The summed E-state index contributed by atoms with van der Waals surface area (Å²) in [6, 6.07) is 10.6. The zero-order chi connectivity index (χ0) is 20.5. The van der Waals surface area contributed by atoms with Crippen LogP contribution in [0.1, 0.15) is 24.5 Å². The van der Waals surface area contributed by atoms with E-state index in [1.165, 1.54) is 0 Å². The molecule has 0 bridgehead atoms. The molecule has 0 spiro atoms. The molecule has 0 aliphatic carbocycles. The van der Waals surface area contributed by atoms with Crippen LogP contribution in [0.3, 0.4) is 0 Å². The Bertz CT molecular complexity index is 895. The first-order chi connectivity index (χ1) is 13.2. The van der Waals surface area contributed by atoms with Gasteiger partial charge in [-0.2, -0.15) is 13.2 Å². The first-order valence-electron chi connectivity index (χ1n) is 8.59. The maximum Gasteiger partial charge on any atom is 0.422 e. The molecule has 1 N–H and O–H groups in total. The van der Waals surface area contributed by atoms with Crippen LogP contribution in [-0.2, 0) is 0 Å². The van der Waals surface area contributed by atoms with E-state index in [1.54, 1.807) is 0 Å². The molecule has 1 aliphatic heterocycles. The number of ether oxygens (including phenoxy) is 1. The highest BCUT2D eigenvalue weighted by Crippen LogP contribution is 2.39. The first kappa shape index (κ1) is 19.9. The van der Waals surface area contributed by atoms with E-state index in [2.05, 4.69) is 16.6 Å². The fraction of sp³-hybridized carbons (Fsp3) is 0.238. The van der Waals surface area contributed by atoms with Gasteiger partial charge in [-0.05, 0) is 23.5 Å². The number of hydrogen-bond acceptors (Lipinski definition) is 2. The van der Waals surface area contributed by atoms with Gasteiger partial charge in [0.15, 0.2) is 6.61 Å². The second-order valence-corrected chi connectivity index (χ2v) is 6.64. The lowest BCUT2D eigenvalue weighted by Crippen LogP contribution is -2.25. The average molecular weight is 395 g/mol. The van der Waals surface area contributed by atoms with Crippen LogP contribution in [0.2, 0.25) is 0 Å². The Morgan fingerprint density at radius 3 is 2.29 bits per heavy atom. The quantitative estimate of drug-likeness (QED) is 0.649. The molecule has 1 heterocycles. The molecule has 2 aromatic carbocycles. The van der Waals surface area contributed by atoms with Gasteiger partial charge in [0.1, 0.15) is 17.4 Å². The number of allylic oxidation sites excluding steroid dienone is 2. The zero-order valence-corrected chi connectivity index (χ0v) is 15.0. The summed E-state index contributed by atoms with van der Waals surface area (Å²) in [6.45, 7) is 4.20. The largest absolute Gasteiger partial charge is 0.484 e. The number of halogens is 5. The highest BCUT2D eigenvalue weighted by molar-refractivity contribution is 5.92. The predicted octanol–water partition coefficient (Wildman–Crippen LogP) is 5.92. The van der Waals surface area contributed by atoms with Gasteiger partial charge < -0.3 is 10.1 Å². The summed E-state index contributed by atoms with van der Waals surface area (Å²) >= 11 is 0. The van der Waals surface area contributed by atoms with Gasteiger partial charge in [-0.1, -0.05) is 43.8 Å². The van der Waals surface area contributed by atoms with Gasteiger partial charge in [-0.3, -0.25) is 0 Å². The first-order valence-corrected chi connectivity index (χ1v) is 8.59. The molecule has 2 aromatic rings. The maximum atomic E-state index is 14.7. The van der Waals surface area contributed by atoms with Crippen molar-refractivity contribution < 1.29 is 26.7 Å². The van der Waals surface area contributed by atoms with E-state index >= 15 is 0 Å². The van der Waals surface area contributed by atoms with Crippen LogP contribution in [0.4, 0.5) is 22.0 Å². The second kappa shape index (κ2) is 7.66. The van der Waals surface area contributed by atoms with E-state index in [-0.39, 0.29) is 17.2 Å². The summed E-state index contributed by atoms with van der Waals surface area (Å²) in [5.41, 5.74) is 1.95. The van der Waals surface area contributed by atoms with Crippen molar-refractivity contribution in [2.75, 3.05) is 6.61 Å². The van der Waals surface area contributed by atoms with Gasteiger partial charge in [0, 0.05) is 17.8 Å². The maximum absolute atomic E-state index is 14.7. The summed E-state index contributed by atoms with van der Waals surface area (Å²) in [7, 11) is 0. The second-order valence-electron chi connectivity index (χ2n) is 6.64. The minimum Gasteiger partial charge on any atom is -0.484 e. The van der Waals surface area contributed by atoms with E-state index in [0.29, 0.717) is 17.7 Å². The minimum absolute atomic E-state index is 0.0412. The molecule has 3 rings (SSSR count). The normalized spacial score (nSPS) is 17.5. The third kappa shape index (κ3) is 4.35. The minimum atomic E-state index is -4.60. The van der Waals surface area contributed by atoms with Crippen molar-refractivity contribution >= 4 is 11.3 Å². The Kier molecular flexibility index (Phi) is 5.45. The number of benzene rings is 2.